The predicted molar refractivity (Wildman–Crippen MR) is 2.22 cm³/mol. The van der Waals surface area contributed by atoms with Gasteiger partial charge in [0, 0.05) is 19.5 Å². The molecule has 0 atom stereocenters. The van der Waals surface area contributed by atoms with Crippen LogP contribution in [0.15, 0.2) is 0 Å². The molecule has 4 heavy (non-hydrogen) atoms. The molecule has 0 aromatic carbocycles. The summed E-state index contributed by atoms with van der Waals surface area (Å²) in [6, 6.07) is 0. The Morgan fingerprint density at radius 2 is 1.25 bits per heavy atom. The molecule has 0 N–H and O–H groups in total. The van der Waals surface area contributed by atoms with Crippen molar-refractivity contribution in [2.24, 2.45) is 0 Å². The maximum atomic E-state index is 9.53. The zero-order valence-corrected chi connectivity index (χ0v) is 5.67. The fraction of sp³-hybridized carbons (Fsp3) is 0. The predicted octanol–water partition coefficient (Wildman–Crippen LogP) is 0.835. The Balaban J connectivity index is 0. The number of rotatable bonds is 0. The molecule has 0 aliphatic rings. The van der Waals surface area contributed by atoms with Gasteiger partial charge in [-0.25, -0.2) is 0 Å². The monoisotopic (exact) mass is 165 g/mol. The van der Waals surface area contributed by atoms with E-state index in [0.717, 1.165) is 0 Å². The van der Waals surface area contributed by atoms with Gasteiger partial charge in [-0.3, -0.25) is 0 Å². The van der Waals surface area contributed by atoms with Gasteiger partial charge < -0.3 is 0 Å². The van der Waals surface area contributed by atoms with Crippen LogP contribution in [0.25, 0.3) is 0 Å². The van der Waals surface area contributed by atoms with Crippen LogP contribution in [0, 0.1) is 0 Å². The van der Waals surface area contributed by atoms with E-state index in [0.29, 0.717) is 0 Å². The summed E-state index contributed by atoms with van der Waals surface area (Å²) in [5, 5.41) is 0. The van der Waals surface area contributed by atoms with Crippen molar-refractivity contribution in [3.8, 4) is 0 Å². The van der Waals surface area contributed by atoms with Gasteiger partial charge in [0.25, 0.3) is 0 Å². The Morgan fingerprint density at radius 3 is 1.25 bits per heavy atom. The minimum Gasteiger partial charge on any atom is 0 e. The fourth-order valence-corrected chi connectivity index (χ4v) is 0. The van der Waals surface area contributed by atoms with Crippen molar-refractivity contribution in [2.45, 2.75) is 0 Å². The average Bonchev–Trinajstić information content (AvgIpc) is 0.918. The molecule has 0 fully saturated rings. The first-order chi connectivity index (χ1) is 1.41. The Labute approximate surface area is 42.8 Å². The SMILES string of the molecule is [F][Cu][F].[Zn]. The Kier molecular flexibility index (Phi) is 20.0. The molecule has 0 radical (unpaired) electrons. The largest absolute Gasteiger partial charge is 0 e. The zero-order chi connectivity index (χ0) is 2.71. The molecular weight excluding hydrogens is 167 g/mol. The van der Waals surface area contributed by atoms with Gasteiger partial charge in [0.1, 0.15) is 0 Å². The molecule has 0 aliphatic heterocycles. The van der Waals surface area contributed by atoms with E-state index in [-0.39, 0.29) is 19.5 Å². The smallest absolute Gasteiger partial charge is 0 e. The summed E-state index contributed by atoms with van der Waals surface area (Å²) < 4.78 is 19.1. The van der Waals surface area contributed by atoms with Crippen molar-refractivity contribution in [3.63, 3.8) is 0 Å². The quantitative estimate of drug-likeness (QED) is 0.469. The van der Waals surface area contributed by atoms with Crippen molar-refractivity contribution < 1.29 is 42.4 Å². The van der Waals surface area contributed by atoms with Crippen LogP contribution in [0.5, 0.6) is 0 Å². The molecule has 0 aromatic rings. The minimum absolute atomic E-state index is 0. The molecule has 0 amide bonds. The third-order valence-corrected chi connectivity index (χ3v) is 0. The van der Waals surface area contributed by atoms with Crippen LogP contribution in [0.1, 0.15) is 0 Å². The van der Waals surface area contributed by atoms with Crippen LogP contribution in [0.2, 0.25) is 0 Å². The van der Waals surface area contributed by atoms with Crippen molar-refractivity contribution in [3.05, 3.63) is 0 Å². The fourth-order valence-electron chi connectivity index (χ4n) is 0. The second-order valence-corrected chi connectivity index (χ2v) is 0.178. The van der Waals surface area contributed by atoms with E-state index in [1.807, 2.05) is 0 Å². The molecular formula is CuF2Zn. The molecule has 0 bridgehead atoms. The maximum Gasteiger partial charge on any atom is 0 e. The van der Waals surface area contributed by atoms with E-state index < -0.39 is 15.9 Å². The summed E-state index contributed by atoms with van der Waals surface area (Å²) in [5.74, 6) is 0. The van der Waals surface area contributed by atoms with Gasteiger partial charge in [0.15, 0.2) is 0 Å². The number of hydrogen-bond donors (Lipinski definition) is 0. The van der Waals surface area contributed by atoms with Gasteiger partial charge in [0.2, 0.25) is 0 Å². The summed E-state index contributed by atoms with van der Waals surface area (Å²) in [5.41, 5.74) is 0. The molecule has 0 unspecified atom stereocenters. The van der Waals surface area contributed by atoms with Crippen molar-refractivity contribution in [2.75, 3.05) is 0 Å². The van der Waals surface area contributed by atoms with Gasteiger partial charge in [-0.1, -0.05) is 0 Å². The standard InChI is InChI=1S/Cu.2FH.Zn/h;2*1H;/q+2;;;/p-2. The van der Waals surface area contributed by atoms with Crippen LogP contribution in [0.3, 0.4) is 0 Å². The molecule has 0 heterocycles. The van der Waals surface area contributed by atoms with Crippen molar-refractivity contribution in [1.82, 2.24) is 0 Å². The van der Waals surface area contributed by atoms with E-state index in [4.69, 9.17) is 0 Å². The molecule has 0 aromatic heterocycles. The second kappa shape index (κ2) is 9.00. The summed E-state index contributed by atoms with van der Waals surface area (Å²) in [6.45, 7) is 0. The molecule has 0 saturated heterocycles. The van der Waals surface area contributed by atoms with Crippen LogP contribution in [-0.4, -0.2) is 0 Å². The second-order valence-electron chi connectivity index (χ2n) is 0.0431. The van der Waals surface area contributed by atoms with Crippen molar-refractivity contribution >= 4 is 0 Å². The average molecular weight is 167 g/mol. The van der Waals surface area contributed by atoms with E-state index in [1.165, 1.54) is 0 Å². The molecule has 0 spiro atoms. The molecule has 4 heteroatoms. The maximum absolute atomic E-state index is 9.53. The molecule has 27 valence electrons. The summed E-state index contributed by atoms with van der Waals surface area (Å²) in [7, 11) is 0. The van der Waals surface area contributed by atoms with Gasteiger partial charge in [-0.15, -0.1) is 0 Å². The van der Waals surface area contributed by atoms with Crippen LogP contribution in [-0.2, 0) is 35.3 Å². The van der Waals surface area contributed by atoms with Gasteiger partial charge in [0.05, 0.1) is 0 Å². The third-order valence-electron chi connectivity index (χ3n) is 0. The van der Waals surface area contributed by atoms with Gasteiger partial charge >= 0.3 is 23.0 Å². The normalized spacial score (nSPS) is 5.50. The Bertz CT molecular complexity index is 6.00. The third kappa shape index (κ3) is 12.0. The van der Waals surface area contributed by atoms with E-state index in [1.54, 1.807) is 0 Å². The molecule has 0 nitrogen and oxygen atoms in total. The zero-order valence-electron chi connectivity index (χ0n) is 1.76. The van der Waals surface area contributed by atoms with Crippen LogP contribution in [0.4, 0.5) is 7.10 Å². The van der Waals surface area contributed by atoms with Crippen molar-refractivity contribution in [1.29, 1.82) is 0 Å². The van der Waals surface area contributed by atoms with Gasteiger partial charge in [-0.05, 0) is 0 Å². The van der Waals surface area contributed by atoms with E-state index >= 15 is 0 Å². The first-order valence-corrected chi connectivity index (χ1v) is 0.940. The van der Waals surface area contributed by atoms with Crippen LogP contribution < -0.4 is 0 Å². The van der Waals surface area contributed by atoms with E-state index in [9.17, 15) is 7.10 Å². The van der Waals surface area contributed by atoms with Crippen LogP contribution >= 0.6 is 0 Å². The molecule has 0 saturated carbocycles. The topological polar surface area (TPSA) is 0 Å². The summed E-state index contributed by atoms with van der Waals surface area (Å²) >= 11 is -1.19. The summed E-state index contributed by atoms with van der Waals surface area (Å²) in [6.07, 6.45) is 0. The van der Waals surface area contributed by atoms with E-state index in [2.05, 4.69) is 0 Å². The minimum atomic E-state index is -1.19. The number of halogens is 2. The molecule has 0 aliphatic carbocycles. The first-order valence-electron chi connectivity index (χ1n) is 0.228. The Morgan fingerprint density at radius 1 is 1.25 bits per heavy atom. The summed E-state index contributed by atoms with van der Waals surface area (Å²) in [4.78, 5) is 0. The Hall–Kier alpha value is 1.00. The first kappa shape index (κ1) is 8.89. The number of hydrogen-bond acceptors (Lipinski definition) is 0. The molecule has 0 rings (SSSR count). The van der Waals surface area contributed by atoms with Gasteiger partial charge in [-0.2, -0.15) is 0 Å².